The molecule has 0 bridgehead atoms. The van der Waals surface area contributed by atoms with Crippen LogP contribution in [0, 0.1) is 5.82 Å². The Balaban J connectivity index is 2.03. The number of hydrogen-bond donors (Lipinski definition) is 1. The maximum Gasteiger partial charge on any atom is 0.334 e. The average molecular weight is 501 g/mol. The first-order valence-corrected chi connectivity index (χ1v) is 13.4. The molecule has 0 atom stereocenters. The van der Waals surface area contributed by atoms with Crippen molar-refractivity contribution in [2.75, 3.05) is 13.2 Å². The Morgan fingerprint density at radius 2 is 1.88 bits per heavy atom. The molecule has 0 amide bonds. The predicted octanol–water partition coefficient (Wildman–Crippen LogP) is 4.32. The van der Waals surface area contributed by atoms with E-state index in [1.54, 1.807) is 0 Å². The molecule has 3 rings (SSSR count). The van der Waals surface area contributed by atoms with Gasteiger partial charge in [0.2, 0.25) is 0 Å². The van der Waals surface area contributed by atoms with Gasteiger partial charge in [-0.05, 0) is 24.2 Å². The van der Waals surface area contributed by atoms with Crippen LogP contribution in [0.15, 0.2) is 27.9 Å². The zero-order valence-electron chi connectivity index (χ0n) is 18.3. The summed E-state index contributed by atoms with van der Waals surface area (Å²) in [4.78, 5) is 34.9. The topological polar surface area (TPSA) is 99.1 Å². The van der Waals surface area contributed by atoms with E-state index in [9.17, 15) is 14.0 Å². The molecule has 172 valence electrons. The van der Waals surface area contributed by atoms with Gasteiger partial charge in [0.05, 0.1) is 12.0 Å². The van der Waals surface area contributed by atoms with E-state index in [2.05, 4.69) is 48.8 Å². The number of ether oxygens (including phenoxy) is 1. The van der Waals surface area contributed by atoms with Crippen LogP contribution >= 0.6 is 23.2 Å². The molecule has 0 aromatic carbocycles. The molecule has 0 aliphatic heterocycles. The van der Waals surface area contributed by atoms with Crippen LogP contribution in [-0.4, -0.2) is 41.1 Å². The number of pyridine rings is 2. The summed E-state index contributed by atoms with van der Waals surface area (Å²) in [6, 6.07) is 2.42. The third-order valence-electron chi connectivity index (χ3n) is 5.47. The highest BCUT2D eigenvalue weighted by Crippen LogP contribution is 2.36. The Hall–Kier alpha value is -2.27. The van der Waals surface area contributed by atoms with Gasteiger partial charge in [-0.1, -0.05) is 44.0 Å². The molecule has 3 aromatic rings. The number of hydrogen-bond acceptors (Lipinski definition) is 6. The minimum absolute atomic E-state index is 0.0421. The molecular weight excluding hydrogens is 478 g/mol. The SMILES string of the molecule is CC(C)(C)[Si](C)(C)OCCOc1ccnc(Cl)c1-n1c(=O)[nH]c(=O)c2cc(F)c(Cl)nc21. The number of halogens is 3. The molecule has 0 spiro atoms. The number of nitrogens with one attached hydrogen (secondary N) is 1. The molecule has 0 saturated carbocycles. The molecule has 12 heteroatoms. The minimum atomic E-state index is -1.97. The van der Waals surface area contributed by atoms with Crippen LogP contribution in [0.25, 0.3) is 16.7 Å². The second-order valence-corrected chi connectivity index (χ2v) is 14.2. The molecule has 0 aliphatic rings. The van der Waals surface area contributed by atoms with E-state index in [0.29, 0.717) is 6.61 Å². The number of aromatic amines is 1. The van der Waals surface area contributed by atoms with E-state index >= 15 is 0 Å². The molecule has 0 saturated heterocycles. The van der Waals surface area contributed by atoms with Crippen molar-refractivity contribution in [3.8, 4) is 11.4 Å². The number of nitrogens with zero attached hydrogens (tertiary/aromatic N) is 3. The van der Waals surface area contributed by atoms with Gasteiger partial charge in [0, 0.05) is 12.3 Å². The Bertz CT molecular complexity index is 1290. The second kappa shape index (κ2) is 8.93. The lowest BCUT2D eigenvalue weighted by molar-refractivity contribution is 0.203. The van der Waals surface area contributed by atoms with Crippen LogP contribution in [-0.2, 0) is 4.43 Å². The number of fused-ring (bicyclic) bond motifs is 1. The molecular formula is C20H23Cl2FN4O4Si. The van der Waals surface area contributed by atoms with Crippen molar-refractivity contribution in [3.63, 3.8) is 0 Å². The Kier molecular flexibility index (Phi) is 6.80. The van der Waals surface area contributed by atoms with Crippen LogP contribution in [0.3, 0.4) is 0 Å². The molecule has 0 aliphatic carbocycles. The van der Waals surface area contributed by atoms with E-state index in [-0.39, 0.29) is 39.3 Å². The summed E-state index contributed by atoms with van der Waals surface area (Å²) < 4.78 is 26.8. The molecule has 1 N–H and O–H groups in total. The largest absolute Gasteiger partial charge is 0.489 e. The normalized spacial score (nSPS) is 12.4. The Morgan fingerprint density at radius 3 is 2.53 bits per heavy atom. The van der Waals surface area contributed by atoms with Crippen LogP contribution in [0.4, 0.5) is 4.39 Å². The first kappa shape index (κ1) is 24.4. The fourth-order valence-corrected chi connectivity index (χ4v) is 4.11. The van der Waals surface area contributed by atoms with Gasteiger partial charge in [-0.25, -0.2) is 23.7 Å². The molecule has 0 unspecified atom stereocenters. The summed E-state index contributed by atoms with van der Waals surface area (Å²) in [5.74, 6) is -0.687. The Morgan fingerprint density at radius 1 is 1.19 bits per heavy atom. The van der Waals surface area contributed by atoms with Gasteiger partial charge in [-0.3, -0.25) is 9.78 Å². The van der Waals surface area contributed by atoms with Crippen molar-refractivity contribution < 1.29 is 13.6 Å². The van der Waals surface area contributed by atoms with Crippen LogP contribution in [0.1, 0.15) is 20.8 Å². The maximum absolute atomic E-state index is 13.9. The van der Waals surface area contributed by atoms with E-state index in [1.165, 1.54) is 12.3 Å². The average Bonchev–Trinajstić information content (AvgIpc) is 2.67. The first-order valence-electron chi connectivity index (χ1n) is 9.76. The lowest BCUT2D eigenvalue weighted by Crippen LogP contribution is -2.41. The minimum Gasteiger partial charge on any atom is -0.489 e. The van der Waals surface area contributed by atoms with Crippen LogP contribution in [0.5, 0.6) is 5.75 Å². The van der Waals surface area contributed by atoms with Gasteiger partial charge in [-0.15, -0.1) is 0 Å². The molecule has 3 aromatic heterocycles. The summed E-state index contributed by atoms with van der Waals surface area (Å²) in [5, 5.41) is -0.717. The fraction of sp³-hybridized carbons (Fsp3) is 0.400. The summed E-state index contributed by atoms with van der Waals surface area (Å²) >= 11 is 12.1. The van der Waals surface area contributed by atoms with Crippen molar-refractivity contribution in [3.05, 3.63) is 55.3 Å². The number of rotatable bonds is 6. The highest BCUT2D eigenvalue weighted by atomic mass is 35.5. The van der Waals surface area contributed by atoms with Gasteiger partial charge in [0.25, 0.3) is 5.56 Å². The van der Waals surface area contributed by atoms with Crippen molar-refractivity contribution in [1.82, 2.24) is 19.5 Å². The fourth-order valence-electron chi connectivity index (χ4n) is 2.71. The summed E-state index contributed by atoms with van der Waals surface area (Å²) in [6.45, 7) is 11.2. The van der Waals surface area contributed by atoms with E-state index in [0.717, 1.165) is 10.6 Å². The molecule has 8 nitrogen and oxygen atoms in total. The second-order valence-electron chi connectivity index (χ2n) is 8.63. The predicted molar refractivity (Wildman–Crippen MR) is 124 cm³/mol. The summed E-state index contributed by atoms with van der Waals surface area (Å²) in [6.07, 6.45) is 1.41. The van der Waals surface area contributed by atoms with E-state index in [4.69, 9.17) is 32.4 Å². The molecule has 0 fully saturated rings. The van der Waals surface area contributed by atoms with Crippen LogP contribution < -0.4 is 16.0 Å². The smallest absolute Gasteiger partial charge is 0.334 e. The highest BCUT2D eigenvalue weighted by Gasteiger charge is 2.37. The highest BCUT2D eigenvalue weighted by molar-refractivity contribution is 6.74. The molecule has 32 heavy (non-hydrogen) atoms. The van der Waals surface area contributed by atoms with Gasteiger partial charge >= 0.3 is 5.69 Å². The molecule has 0 radical (unpaired) electrons. The third-order valence-corrected chi connectivity index (χ3v) is 10.5. The maximum atomic E-state index is 13.9. The van der Waals surface area contributed by atoms with Crippen LogP contribution in [0.2, 0.25) is 28.4 Å². The van der Waals surface area contributed by atoms with Crippen molar-refractivity contribution >= 4 is 42.6 Å². The molecule has 3 heterocycles. The number of aromatic nitrogens is 4. The van der Waals surface area contributed by atoms with Gasteiger partial charge in [0.1, 0.15) is 18.0 Å². The third kappa shape index (κ3) is 4.73. The standard InChI is InChI=1S/C20H23Cl2FN4O4Si/c1-20(2,3)32(4,5)31-9-8-30-13-6-7-24-16(22)14(13)27-17-11(18(28)26-19(27)29)10-12(23)15(21)25-17/h6-7,10H,8-9H2,1-5H3,(H,26,28,29). The van der Waals surface area contributed by atoms with Crippen molar-refractivity contribution in [2.45, 2.75) is 38.9 Å². The van der Waals surface area contributed by atoms with Crippen molar-refractivity contribution in [2.24, 2.45) is 0 Å². The Labute approximate surface area is 194 Å². The first-order chi connectivity index (χ1) is 14.8. The number of H-pyrrole nitrogens is 1. The van der Waals surface area contributed by atoms with Gasteiger partial charge in [0.15, 0.2) is 30.1 Å². The summed E-state index contributed by atoms with van der Waals surface area (Å²) in [7, 11) is -1.97. The van der Waals surface area contributed by atoms with Gasteiger partial charge < -0.3 is 9.16 Å². The van der Waals surface area contributed by atoms with Crippen molar-refractivity contribution in [1.29, 1.82) is 0 Å². The lowest BCUT2D eigenvalue weighted by Gasteiger charge is -2.36. The van der Waals surface area contributed by atoms with Gasteiger partial charge in [-0.2, -0.15) is 0 Å². The zero-order valence-corrected chi connectivity index (χ0v) is 20.8. The lowest BCUT2D eigenvalue weighted by atomic mass is 10.2. The summed E-state index contributed by atoms with van der Waals surface area (Å²) in [5.41, 5.74) is -1.80. The van der Waals surface area contributed by atoms with E-state index in [1.807, 2.05) is 0 Å². The quantitative estimate of drug-likeness (QED) is 0.307. The monoisotopic (exact) mass is 500 g/mol. The van der Waals surface area contributed by atoms with E-state index < -0.39 is 30.5 Å². The zero-order chi connectivity index (χ0) is 23.8.